The Labute approximate surface area is 69.6 Å². The number of alkyl halides is 2. The smallest absolute Gasteiger partial charge is 0.306 e. The van der Waals surface area contributed by atoms with E-state index in [2.05, 4.69) is 0 Å². The van der Waals surface area contributed by atoms with Gasteiger partial charge < -0.3 is 5.11 Å². The van der Waals surface area contributed by atoms with E-state index in [1.54, 1.807) is 0 Å². The summed E-state index contributed by atoms with van der Waals surface area (Å²) in [5, 5.41) is 8.54. The molecule has 0 saturated heterocycles. The van der Waals surface area contributed by atoms with Crippen molar-refractivity contribution in [3.8, 4) is 0 Å². The van der Waals surface area contributed by atoms with Crippen LogP contribution in [0.1, 0.15) is 26.2 Å². The second kappa shape index (κ2) is 2.99. The summed E-state index contributed by atoms with van der Waals surface area (Å²) in [7, 11) is 0. The lowest BCUT2D eigenvalue weighted by molar-refractivity contribution is -0.149. The summed E-state index contributed by atoms with van der Waals surface area (Å²) in [4.78, 5) is 10.4. The first-order valence-electron chi connectivity index (χ1n) is 4.06. The fourth-order valence-electron chi connectivity index (χ4n) is 1.74. The molecule has 0 aromatic carbocycles. The Balaban J connectivity index is 2.68. The van der Waals surface area contributed by atoms with Gasteiger partial charge >= 0.3 is 5.97 Å². The molecule has 0 radical (unpaired) electrons. The van der Waals surface area contributed by atoms with Gasteiger partial charge in [-0.05, 0) is 12.8 Å². The molecule has 0 aliphatic heterocycles. The van der Waals surface area contributed by atoms with Gasteiger partial charge in [0.15, 0.2) is 0 Å². The maximum atomic E-state index is 13.0. The number of hydrogen-bond acceptors (Lipinski definition) is 1. The SMILES string of the molecule is C[C@@H](C(=O)O)C1CCCC1(F)F. The highest BCUT2D eigenvalue weighted by Gasteiger charge is 2.48. The lowest BCUT2D eigenvalue weighted by Gasteiger charge is -2.22. The predicted octanol–water partition coefficient (Wildman–Crippen LogP) is 2.14. The highest BCUT2D eigenvalue weighted by atomic mass is 19.3. The second-order valence-electron chi connectivity index (χ2n) is 3.39. The minimum Gasteiger partial charge on any atom is -0.481 e. The van der Waals surface area contributed by atoms with Crippen LogP contribution in [0.15, 0.2) is 0 Å². The quantitative estimate of drug-likeness (QED) is 0.703. The van der Waals surface area contributed by atoms with Crippen LogP contribution in [0.5, 0.6) is 0 Å². The molecule has 1 aliphatic carbocycles. The third kappa shape index (κ3) is 1.57. The Morgan fingerprint density at radius 2 is 2.25 bits per heavy atom. The standard InChI is InChI=1S/C8H12F2O2/c1-5(7(11)12)6-3-2-4-8(6,9)10/h5-6H,2-4H2,1H3,(H,11,12)/t5-,6?/m1/s1. The number of carboxylic acid groups (broad SMARTS) is 1. The normalized spacial score (nSPS) is 30.1. The molecule has 0 bridgehead atoms. The molecule has 4 heteroatoms. The maximum Gasteiger partial charge on any atom is 0.306 e. The Morgan fingerprint density at radius 3 is 2.58 bits per heavy atom. The van der Waals surface area contributed by atoms with Crippen LogP contribution in [0, 0.1) is 11.8 Å². The number of aliphatic carboxylic acids is 1. The molecule has 1 N–H and O–H groups in total. The number of hydrogen-bond donors (Lipinski definition) is 1. The average molecular weight is 178 g/mol. The number of halogens is 2. The van der Waals surface area contributed by atoms with Crippen molar-refractivity contribution in [2.24, 2.45) is 11.8 Å². The summed E-state index contributed by atoms with van der Waals surface area (Å²) < 4.78 is 25.9. The van der Waals surface area contributed by atoms with Gasteiger partial charge in [-0.3, -0.25) is 4.79 Å². The van der Waals surface area contributed by atoms with Gasteiger partial charge in [0.25, 0.3) is 5.92 Å². The van der Waals surface area contributed by atoms with E-state index >= 15 is 0 Å². The van der Waals surface area contributed by atoms with Crippen molar-refractivity contribution in [1.82, 2.24) is 0 Å². The van der Waals surface area contributed by atoms with Crippen LogP contribution in [-0.4, -0.2) is 17.0 Å². The van der Waals surface area contributed by atoms with E-state index in [-0.39, 0.29) is 6.42 Å². The molecule has 0 aromatic heterocycles. The Bertz CT molecular complexity index is 191. The van der Waals surface area contributed by atoms with Crippen molar-refractivity contribution in [2.45, 2.75) is 32.1 Å². The molecule has 0 heterocycles. The summed E-state index contributed by atoms with van der Waals surface area (Å²) in [6, 6.07) is 0. The van der Waals surface area contributed by atoms with E-state index in [1.807, 2.05) is 0 Å². The zero-order valence-corrected chi connectivity index (χ0v) is 6.89. The molecular formula is C8H12F2O2. The van der Waals surface area contributed by atoms with E-state index in [0.717, 1.165) is 0 Å². The third-order valence-electron chi connectivity index (χ3n) is 2.56. The Hall–Kier alpha value is -0.670. The highest BCUT2D eigenvalue weighted by molar-refractivity contribution is 5.70. The molecule has 0 spiro atoms. The molecule has 1 saturated carbocycles. The van der Waals surface area contributed by atoms with Gasteiger partial charge in [-0.2, -0.15) is 0 Å². The van der Waals surface area contributed by atoms with Crippen molar-refractivity contribution in [1.29, 1.82) is 0 Å². The van der Waals surface area contributed by atoms with Crippen molar-refractivity contribution >= 4 is 5.97 Å². The van der Waals surface area contributed by atoms with Gasteiger partial charge in [0, 0.05) is 12.3 Å². The summed E-state index contributed by atoms with van der Waals surface area (Å²) in [6.07, 6.45) is 0.616. The molecule has 1 fully saturated rings. The molecule has 1 rings (SSSR count). The summed E-state index contributed by atoms with van der Waals surface area (Å²) in [5.74, 6) is -5.78. The van der Waals surface area contributed by atoms with Gasteiger partial charge in [0.1, 0.15) is 0 Å². The van der Waals surface area contributed by atoms with Crippen LogP contribution in [-0.2, 0) is 4.79 Å². The Kier molecular flexibility index (Phi) is 2.35. The van der Waals surface area contributed by atoms with E-state index in [0.29, 0.717) is 12.8 Å². The molecule has 2 nitrogen and oxygen atoms in total. The van der Waals surface area contributed by atoms with Crippen LogP contribution in [0.3, 0.4) is 0 Å². The monoisotopic (exact) mass is 178 g/mol. The van der Waals surface area contributed by atoms with E-state index < -0.39 is 23.7 Å². The predicted molar refractivity (Wildman–Crippen MR) is 39.1 cm³/mol. The fourth-order valence-corrected chi connectivity index (χ4v) is 1.74. The third-order valence-corrected chi connectivity index (χ3v) is 2.56. The molecule has 1 unspecified atom stereocenters. The largest absolute Gasteiger partial charge is 0.481 e. The van der Waals surface area contributed by atoms with Gasteiger partial charge in [-0.25, -0.2) is 8.78 Å². The number of rotatable bonds is 2. The van der Waals surface area contributed by atoms with Crippen LogP contribution in [0.2, 0.25) is 0 Å². The molecule has 1 aliphatic rings. The van der Waals surface area contributed by atoms with Gasteiger partial charge in [-0.1, -0.05) is 6.92 Å². The molecule has 12 heavy (non-hydrogen) atoms. The molecule has 70 valence electrons. The van der Waals surface area contributed by atoms with Crippen LogP contribution < -0.4 is 0 Å². The van der Waals surface area contributed by atoms with Crippen LogP contribution in [0.25, 0.3) is 0 Å². The molecule has 0 aromatic rings. The average Bonchev–Trinajstić information content (AvgIpc) is 2.27. The lowest BCUT2D eigenvalue weighted by Crippen LogP contribution is -2.31. The fraction of sp³-hybridized carbons (Fsp3) is 0.875. The molecular weight excluding hydrogens is 166 g/mol. The molecule has 2 atom stereocenters. The van der Waals surface area contributed by atoms with Gasteiger partial charge in [0.05, 0.1) is 5.92 Å². The Morgan fingerprint density at radius 1 is 1.67 bits per heavy atom. The minimum atomic E-state index is -2.77. The van der Waals surface area contributed by atoms with Gasteiger partial charge in [-0.15, -0.1) is 0 Å². The summed E-state index contributed by atoms with van der Waals surface area (Å²) >= 11 is 0. The summed E-state index contributed by atoms with van der Waals surface area (Å²) in [6.45, 7) is 1.35. The van der Waals surface area contributed by atoms with Crippen molar-refractivity contribution in [2.75, 3.05) is 0 Å². The van der Waals surface area contributed by atoms with Crippen LogP contribution in [0.4, 0.5) is 8.78 Å². The minimum absolute atomic E-state index is 0.157. The van der Waals surface area contributed by atoms with Crippen molar-refractivity contribution in [3.05, 3.63) is 0 Å². The van der Waals surface area contributed by atoms with E-state index in [9.17, 15) is 13.6 Å². The van der Waals surface area contributed by atoms with E-state index in [1.165, 1.54) is 6.92 Å². The van der Waals surface area contributed by atoms with Gasteiger partial charge in [0.2, 0.25) is 0 Å². The topological polar surface area (TPSA) is 37.3 Å². The summed E-state index contributed by atoms with van der Waals surface area (Å²) in [5.41, 5.74) is 0. The first-order chi connectivity index (χ1) is 5.45. The maximum absolute atomic E-state index is 13.0. The zero-order chi connectivity index (χ0) is 9.35. The highest BCUT2D eigenvalue weighted by Crippen LogP contribution is 2.44. The number of carbonyl (C=O) groups is 1. The lowest BCUT2D eigenvalue weighted by atomic mass is 9.90. The first-order valence-corrected chi connectivity index (χ1v) is 4.06. The number of carboxylic acids is 1. The molecule has 0 amide bonds. The van der Waals surface area contributed by atoms with Crippen LogP contribution >= 0.6 is 0 Å². The first kappa shape index (κ1) is 9.42. The van der Waals surface area contributed by atoms with Crippen molar-refractivity contribution in [3.63, 3.8) is 0 Å². The zero-order valence-electron chi connectivity index (χ0n) is 6.89. The second-order valence-corrected chi connectivity index (χ2v) is 3.39. The van der Waals surface area contributed by atoms with E-state index in [4.69, 9.17) is 5.11 Å². The van der Waals surface area contributed by atoms with Crippen molar-refractivity contribution < 1.29 is 18.7 Å².